The molecule has 0 amide bonds. The Labute approximate surface area is 182 Å². The number of hydrogen-bond donors (Lipinski definition) is 2. The molecule has 2 aliphatic rings. The predicted molar refractivity (Wildman–Crippen MR) is 123 cm³/mol. The van der Waals surface area contributed by atoms with Gasteiger partial charge < -0.3 is 10.1 Å². The highest BCUT2D eigenvalue weighted by atomic mass is 32.2. The van der Waals surface area contributed by atoms with Crippen molar-refractivity contribution in [3.8, 4) is 5.75 Å². The maximum Gasteiger partial charge on any atom is 0.261 e. The van der Waals surface area contributed by atoms with Crippen LogP contribution in [0.25, 0.3) is 0 Å². The Bertz CT molecular complexity index is 1220. The molecular weight excluding hydrogens is 408 g/mol. The van der Waals surface area contributed by atoms with E-state index >= 15 is 0 Å². The zero-order chi connectivity index (χ0) is 21.4. The highest BCUT2D eigenvalue weighted by molar-refractivity contribution is 7.92. The SMILES string of the molecule is COc1ccc([C@@H]2Nc3ccc(S(=O)(=O)Nc4ccccc4)cc3[C@H]3C=CC[C@@H]32)cc1. The second-order valence-corrected chi connectivity index (χ2v) is 9.65. The van der Waals surface area contributed by atoms with Gasteiger partial charge in [0.05, 0.1) is 18.0 Å². The minimum Gasteiger partial charge on any atom is -0.497 e. The normalized spacial score (nSPS) is 21.6. The Hall–Kier alpha value is -3.25. The molecule has 3 aromatic rings. The number of rotatable bonds is 5. The van der Waals surface area contributed by atoms with Gasteiger partial charge in [0.15, 0.2) is 0 Å². The van der Waals surface area contributed by atoms with Crippen LogP contribution < -0.4 is 14.8 Å². The fraction of sp³-hybridized carbons (Fsp3) is 0.200. The molecule has 0 fully saturated rings. The van der Waals surface area contributed by atoms with Gasteiger partial charge in [0.2, 0.25) is 0 Å². The number of allylic oxidation sites excluding steroid dienone is 2. The van der Waals surface area contributed by atoms with Gasteiger partial charge in [-0.2, -0.15) is 0 Å². The summed E-state index contributed by atoms with van der Waals surface area (Å²) in [4.78, 5) is 0.277. The van der Waals surface area contributed by atoms with Crippen LogP contribution in [-0.2, 0) is 10.0 Å². The highest BCUT2D eigenvalue weighted by Gasteiger charge is 2.38. The third kappa shape index (κ3) is 3.68. The number of ether oxygens (including phenoxy) is 1. The minimum absolute atomic E-state index is 0.156. The lowest BCUT2D eigenvalue weighted by Crippen LogP contribution is -2.29. The molecule has 6 heteroatoms. The van der Waals surface area contributed by atoms with Crippen molar-refractivity contribution in [1.29, 1.82) is 0 Å². The van der Waals surface area contributed by atoms with Gasteiger partial charge in [-0.25, -0.2) is 8.42 Å². The summed E-state index contributed by atoms with van der Waals surface area (Å²) in [5.74, 6) is 1.35. The van der Waals surface area contributed by atoms with Crippen molar-refractivity contribution >= 4 is 21.4 Å². The van der Waals surface area contributed by atoms with Crippen LogP contribution in [0.2, 0.25) is 0 Å². The van der Waals surface area contributed by atoms with Gasteiger partial charge in [-0.3, -0.25) is 4.72 Å². The predicted octanol–water partition coefficient (Wildman–Crippen LogP) is 5.32. The number of anilines is 2. The molecule has 0 spiro atoms. The largest absolute Gasteiger partial charge is 0.497 e. The van der Waals surface area contributed by atoms with Gasteiger partial charge in [0.25, 0.3) is 10.0 Å². The molecule has 31 heavy (non-hydrogen) atoms. The van der Waals surface area contributed by atoms with Crippen LogP contribution in [0.15, 0.2) is 89.8 Å². The van der Waals surface area contributed by atoms with Crippen molar-refractivity contribution < 1.29 is 13.2 Å². The van der Waals surface area contributed by atoms with E-state index in [1.165, 1.54) is 5.56 Å². The van der Waals surface area contributed by atoms with Crippen LogP contribution in [0.4, 0.5) is 11.4 Å². The lowest BCUT2D eigenvalue weighted by atomic mass is 9.77. The molecule has 0 bridgehead atoms. The van der Waals surface area contributed by atoms with Crippen molar-refractivity contribution in [1.82, 2.24) is 0 Å². The number of para-hydroxylation sites is 1. The minimum atomic E-state index is -3.66. The van der Waals surface area contributed by atoms with E-state index in [9.17, 15) is 8.42 Å². The van der Waals surface area contributed by atoms with E-state index in [0.717, 1.165) is 23.4 Å². The number of benzene rings is 3. The van der Waals surface area contributed by atoms with Crippen molar-refractivity contribution in [2.24, 2.45) is 5.92 Å². The molecule has 0 saturated carbocycles. The molecule has 0 saturated heterocycles. The topological polar surface area (TPSA) is 67.4 Å². The molecular formula is C25H24N2O3S. The zero-order valence-corrected chi connectivity index (χ0v) is 18.0. The molecule has 0 radical (unpaired) electrons. The first kappa shape index (κ1) is 19.7. The Balaban J connectivity index is 1.48. The average Bonchev–Trinajstić information content (AvgIpc) is 3.29. The summed E-state index contributed by atoms with van der Waals surface area (Å²) in [6, 6.07) is 22.6. The standard InChI is InChI=1S/C25H24N2O3S/c1-30-19-12-10-17(11-13-19)25-22-9-5-8-21(22)23-16-20(14-15-24(23)26-25)31(28,29)27-18-6-3-2-4-7-18/h2-8,10-16,21-22,25-27H,9H2,1H3/t21-,22-,25-/m0/s1. The molecule has 5 nitrogen and oxygen atoms in total. The summed E-state index contributed by atoms with van der Waals surface area (Å²) in [5.41, 5.74) is 3.76. The van der Waals surface area contributed by atoms with E-state index in [0.29, 0.717) is 11.6 Å². The monoisotopic (exact) mass is 432 g/mol. The molecule has 1 aliphatic heterocycles. The summed E-state index contributed by atoms with van der Waals surface area (Å²) in [5, 5.41) is 3.65. The average molecular weight is 433 g/mol. The summed E-state index contributed by atoms with van der Waals surface area (Å²) < 4.78 is 33.9. The molecule has 158 valence electrons. The third-order valence-electron chi connectivity index (χ3n) is 6.15. The second-order valence-electron chi connectivity index (χ2n) is 7.97. The van der Waals surface area contributed by atoms with Gasteiger partial charge in [-0.15, -0.1) is 0 Å². The molecule has 0 aromatic heterocycles. The van der Waals surface area contributed by atoms with Crippen molar-refractivity contribution in [3.63, 3.8) is 0 Å². The Morgan fingerprint density at radius 3 is 2.52 bits per heavy atom. The third-order valence-corrected chi connectivity index (χ3v) is 7.52. The summed E-state index contributed by atoms with van der Waals surface area (Å²) in [6.07, 6.45) is 5.36. The van der Waals surface area contributed by atoms with E-state index in [2.05, 4.69) is 34.3 Å². The van der Waals surface area contributed by atoms with Gasteiger partial charge >= 0.3 is 0 Å². The van der Waals surface area contributed by atoms with E-state index in [1.807, 2.05) is 42.5 Å². The van der Waals surface area contributed by atoms with Crippen LogP contribution in [0.1, 0.15) is 29.5 Å². The zero-order valence-electron chi connectivity index (χ0n) is 17.2. The number of sulfonamides is 1. The number of fused-ring (bicyclic) bond motifs is 3. The van der Waals surface area contributed by atoms with E-state index < -0.39 is 10.0 Å². The quantitative estimate of drug-likeness (QED) is 0.535. The lowest BCUT2D eigenvalue weighted by Gasteiger charge is -2.37. The van der Waals surface area contributed by atoms with Gasteiger partial charge in [-0.05, 0) is 65.9 Å². The van der Waals surface area contributed by atoms with E-state index in [4.69, 9.17) is 4.74 Å². The van der Waals surface area contributed by atoms with Crippen LogP contribution in [-0.4, -0.2) is 15.5 Å². The fourth-order valence-corrected chi connectivity index (χ4v) is 5.69. The van der Waals surface area contributed by atoms with Crippen LogP contribution in [0, 0.1) is 5.92 Å². The smallest absolute Gasteiger partial charge is 0.261 e. The lowest BCUT2D eigenvalue weighted by molar-refractivity contribution is 0.411. The number of nitrogens with one attached hydrogen (secondary N) is 2. The summed E-state index contributed by atoms with van der Waals surface area (Å²) in [7, 11) is -2.00. The molecule has 3 atom stereocenters. The number of methoxy groups -OCH3 is 1. The Morgan fingerprint density at radius 2 is 1.77 bits per heavy atom. The van der Waals surface area contributed by atoms with Crippen LogP contribution in [0.5, 0.6) is 5.75 Å². The van der Waals surface area contributed by atoms with Gasteiger partial charge in [0, 0.05) is 17.3 Å². The highest BCUT2D eigenvalue weighted by Crippen LogP contribution is 2.50. The van der Waals surface area contributed by atoms with Crippen LogP contribution >= 0.6 is 0 Å². The maximum absolute atomic E-state index is 13.0. The molecule has 0 unspecified atom stereocenters. The Morgan fingerprint density at radius 1 is 1.00 bits per heavy atom. The Kier molecular flexibility index (Phi) is 4.94. The molecule has 5 rings (SSSR count). The first-order chi connectivity index (χ1) is 15.0. The summed E-state index contributed by atoms with van der Waals surface area (Å²) in [6.45, 7) is 0. The molecule has 2 N–H and O–H groups in total. The molecule has 3 aromatic carbocycles. The van der Waals surface area contributed by atoms with Gasteiger partial charge in [-0.1, -0.05) is 42.5 Å². The van der Waals surface area contributed by atoms with E-state index in [-0.39, 0.29) is 16.9 Å². The van der Waals surface area contributed by atoms with Crippen LogP contribution in [0.3, 0.4) is 0 Å². The van der Waals surface area contributed by atoms with E-state index in [1.54, 1.807) is 25.3 Å². The molecule has 1 aliphatic carbocycles. The first-order valence-corrected chi connectivity index (χ1v) is 11.8. The summed E-state index contributed by atoms with van der Waals surface area (Å²) >= 11 is 0. The fourth-order valence-electron chi connectivity index (χ4n) is 4.60. The van der Waals surface area contributed by atoms with Crippen molar-refractivity contribution in [3.05, 3.63) is 96.1 Å². The van der Waals surface area contributed by atoms with Crippen molar-refractivity contribution in [2.75, 3.05) is 17.1 Å². The molecule has 1 heterocycles. The van der Waals surface area contributed by atoms with Crippen molar-refractivity contribution in [2.45, 2.75) is 23.3 Å². The maximum atomic E-state index is 13.0. The first-order valence-electron chi connectivity index (χ1n) is 10.3. The second kappa shape index (κ2) is 7.78. The number of hydrogen-bond acceptors (Lipinski definition) is 4. The van der Waals surface area contributed by atoms with Gasteiger partial charge in [0.1, 0.15) is 5.75 Å².